The molecule has 0 spiro atoms. The summed E-state index contributed by atoms with van der Waals surface area (Å²) >= 11 is 0. The summed E-state index contributed by atoms with van der Waals surface area (Å²) in [6.45, 7) is 0. The van der Waals surface area contributed by atoms with Gasteiger partial charge in [-0.2, -0.15) is 18.4 Å². The number of hydrogen-bond acceptors (Lipinski definition) is 4. The normalized spacial score (nSPS) is 11.2. The second kappa shape index (κ2) is 6.32. The van der Waals surface area contributed by atoms with Gasteiger partial charge in [-0.05, 0) is 24.3 Å². The van der Waals surface area contributed by atoms with Crippen LogP contribution in [0.4, 0.5) is 24.5 Å². The van der Waals surface area contributed by atoms with Gasteiger partial charge in [-0.3, -0.25) is 4.98 Å². The predicted molar refractivity (Wildman–Crippen MR) is 87.7 cm³/mol. The molecule has 2 aromatic carbocycles. The van der Waals surface area contributed by atoms with Crippen molar-refractivity contribution in [2.24, 2.45) is 0 Å². The van der Waals surface area contributed by atoms with Gasteiger partial charge in [0, 0.05) is 17.3 Å². The zero-order valence-electron chi connectivity index (χ0n) is 13.1. The van der Waals surface area contributed by atoms with Crippen LogP contribution in [-0.2, 0) is 6.18 Å². The number of methoxy groups -OCH3 is 1. The highest BCUT2D eigenvalue weighted by molar-refractivity contribution is 5.98. The highest BCUT2D eigenvalue weighted by Crippen LogP contribution is 2.35. The Bertz CT molecular complexity index is 977. The molecular formula is C18H12F3N3O. The van der Waals surface area contributed by atoms with Crippen LogP contribution in [0.2, 0.25) is 0 Å². The number of fused-ring (bicyclic) bond motifs is 1. The first-order valence-corrected chi connectivity index (χ1v) is 7.24. The second-order valence-corrected chi connectivity index (χ2v) is 5.22. The van der Waals surface area contributed by atoms with E-state index >= 15 is 0 Å². The first-order valence-electron chi connectivity index (χ1n) is 7.24. The summed E-state index contributed by atoms with van der Waals surface area (Å²) in [4.78, 5) is 4.21. The van der Waals surface area contributed by atoms with Crippen LogP contribution < -0.4 is 10.1 Å². The lowest BCUT2D eigenvalue weighted by molar-refractivity contribution is -0.137. The van der Waals surface area contributed by atoms with E-state index in [1.54, 1.807) is 18.2 Å². The number of nitriles is 1. The summed E-state index contributed by atoms with van der Waals surface area (Å²) in [6.07, 6.45) is -3.08. The molecule has 1 aromatic heterocycles. The Balaban J connectivity index is 2.14. The molecule has 0 aliphatic carbocycles. The fourth-order valence-corrected chi connectivity index (χ4v) is 2.50. The molecule has 0 fully saturated rings. The number of aromatic nitrogens is 1. The second-order valence-electron chi connectivity index (χ2n) is 5.22. The number of pyridine rings is 1. The van der Waals surface area contributed by atoms with Crippen molar-refractivity contribution in [1.29, 1.82) is 5.26 Å². The van der Waals surface area contributed by atoms with E-state index in [1.807, 2.05) is 6.07 Å². The third-order valence-electron chi connectivity index (χ3n) is 3.66. The Morgan fingerprint density at radius 1 is 1.16 bits per heavy atom. The van der Waals surface area contributed by atoms with E-state index in [2.05, 4.69) is 10.3 Å². The van der Waals surface area contributed by atoms with Crippen LogP contribution in [0.15, 0.2) is 48.7 Å². The number of anilines is 2. The number of nitrogens with one attached hydrogen (secondary N) is 1. The lowest BCUT2D eigenvalue weighted by Gasteiger charge is -2.14. The Morgan fingerprint density at radius 2 is 1.92 bits per heavy atom. The minimum Gasteiger partial charge on any atom is -0.494 e. The summed E-state index contributed by atoms with van der Waals surface area (Å²) in [5, 5.41) is 12.8. The number of nitrogens with zero attached hydrogens (tertiary/aromatic N) is 2. The average molecular weight is 343 g/mol. The minimum atomic E-state index is -4.45. The fourth-order valence-electron chi connectivity index (χ4n) is 2.50. The van der Waals surface area contributed by atoms with E-state index in [4.69, 9.17) is 4.74 Å². The van der Waals surface area contributed by atoms with Gasteiger partial charge in [-0.1, -0.05) is 18.2 Å². The van der Waals surface area contributed by atoms with Crippen molar-refractivity contribution in [3.63, 3.8) is 0 Å². The summed E-state index contributed by atoms with van der Waals surface area (Å²) in [7, 11) is 1.49. The van der Waals surface area contributed by atoms with Crippen LogP contribution in [0.25, 0.3) is 10.9 Å². The van der Waals surface area contributed by atoms with E-state index < -0.39 is 11.7 Å². The van der Waals surface area contributed by atoms with Crippen LogP contribution in [0.1, 0.15) is 11.1 Å². The van der Waals surface area contributed by atoms with Gasteiger partial charge in [0.25, 0.3) is 0 Å². The Labute approximate surface area is 141 Å². The molecule has 7 heteroatoms. The van der Waals surface area contributed by atoms with Crippen molar-refractivity contribution in [3.8, 4) is 11.8 Å². The molecule has 3 aromatic rings. The van der Waals surface area contributed by atoms with Gasteiger partial charge in [0.1, 0.15) is 17.3 Å². The number of hydrogen-bond donors (Lipinski definition) is 1. The van der Waals surface area contributed by atoms with Crippen LogP contribution in [0.5, 0.6) is 5.75 Å². The number of rotatable bonds is 3. The Hall–Kier alpha value is -3.27. The smallest absolute Gasteiger partial charge is 0.416 e. The molecule has 1 heterocycles. The molecule has 126 valence electrons. The lowest BCUT2D eigenvalue weighted by atomic mass is 10.1. The van der Waals surface area contributed by atoms with Gasteiger partial charge in [0.2, 0.25) is 0 Å². The summed E-state index contributed by atoms with van der Waals surface area (Å²) < 4.78 is 43.9. The van der Waals surface area contributed by atoms with Gasteiger partial charge in [-0.25, -0.2) is 0 Å². The standard InChI is InChI=1S/C18H12F3N3O/c1-25-15-7-3-6-14-16(11(9-22)10-23-17(14)15)24-13-5-2-4-12(8-13)18(19,20)21/h2-8,10H,1H3,(H,23,24). The van der Waals surface area contributed by atoms with Crippen LogP contribution >= 0.6 is 0 Å². The first-order chi connectivity index (χ1) is 11.9. The number of halogens is 3. The van der Waals surface area contributed by atoms with E-state index in [1.165, 1.54) is 25.4 Å². The number of alkyl halides is 3. The van der Waals surface area contributed by atoms with Gasteiger partial charge >= 0.3 is 6.18 Å². The van der Waals surface area contributed by atoms with Crippen molar-refractivity contribution >= 4 is 22.3 Å². The third kappa shape index (κ3) is 3.19. The maximum absolute atomic E-state index is 12.9. The quantitative estimate of drug-likeness (QED) is 0.736. The van der Waals surface area contributed by atoms with Gasteiger partial charge in [0.05, 0.1) is 23.9 Å². The SMILES string of the molecule is COc1cccc2c(Nc3cccc(C(F)(F)F)c3)c(C#N)cnc12. The average Bonchev–Trinajstić information content (AvgIpc) is 2.61. The molecule has 0 bridgehead atoms. The third-order valence-corrected chi connectivity index (χ3v) is 3.66. The summed E-state index contributed by atoms with van der Waals surface area (Å²) in [6, 6.07) is 12.0. The lowest BCUT2D eigenvalue weighted by Crippen LogP contribution is -2.05. The molecule has 0 radical (unpaired) electrons. The van der Waals surface area contributed by atoms with Gasteiger partial charge in [0.15, 0.2) is 0 Å². The van der Waals surface area contributed by atoms with E-state index in [0.29, 0.717) is 22.3 Å². The van der Waals surface area contributed by atoms with Crippen LogP contribution in [0.3, 0.4) is 0 Å². The molecule has 0 saturated carbocycles. The zero-order chi connectivity index (χ0) is 18.0. The molecule has 0 unspecified atom stereocenters. The van der Waals surface area contributed by atoms with Crippen molar-refractivity contribution in [2.75, 3.05) is 12.4 Å². The molecule has 0 saturated heterocycles. The molecule has 0 amide bonds. The number of benzene rings is 2. The van der Waals surface area contributed by atoms with Gasteiger partial charge in [-0.15, -0.1) is 0 Å². The Kier molecular flexibility index (Phi) is 4.19. The maximum atomic E-state index is 12.9. The van der Waals surface area contributed by atoms with Crippen molar-refractivity contribution in [3.05, 3.63) is 59.8 Å². The molecular weight excluding hydrogens is 331 g/mol. The first kappa shape index (κ1) is 16.6. The molecule has 25 heavy (non-hydrogen) atoms. The molecule has 0 atom stereocenters. The summed E-state index contributed by atoms with van der Waals surface area (Å²) in [5.41, 5.74) is 0.566. The zero-order valence-corrected chi connectivity index (χ0v) is 13.1. The fraction of sp³-hybridized carbons (Fsp3) is 0.111. The van der Waals surface area contributed by atoms with Gasteiger partial charge < -0.3 is 10.1 Å². The van der Waals surface area contributed by atoms with Crippen LogP contribution in [-0.4, -0.2) is 12.1 Å². The molecule has 3 rings (SSSR count). The molecule has 0 aliphatic rings. The molecule has 1 N–H and O–H groups in total. The minimum absolute atomic E-state index is 0.221. The highest BCUT2D eigenvalue weighted by atomic mass is 19.4. The van der Waals surface area contributed by atoms with E-state index in [-0.39, 0.29) is 11.3 Å². The maximum Gasteiger partial charge on any atom is 0.416 e. The van der Waals surface area contributed by atoms with E-state index in [9.17, 15) is 18.4 Å². The Morgan fingerprint density at radius 3 is 2.60 bits per heavy atom. The van der Waals surface area contributed by atoms with Crippen molar-refractivity contribution < 1.29 is 17.9 Å². The predicted octanol–water partition coefficient (Wildman–Crippen LogP) is 4.88. The van der Waals surface area contributed by atoms with Crippen molar-refractivity contribution in [2.45, 2.75) is 6.18 Å². The number of para-hydroxylation sites is 1. The van der Waals surface area contributed by atoms with E-state index in [0.717, 1.165) is 12.1 Å². The van der Waals surface area contributed by atoms with Crippen molar-refractivity contribution in [1.82, 2.24) is 4.98 Å². The summed E-state index contributed by atoms with van der Waals surface area (Å²) in [5.74, 6) is 0.508. The number of ether oxygens (including phenoxy) is 1. The monoisotopic (exact) mass is 343 g/mol. The molecule has 0 aliphatic heterocycles. The topological polar surface area (TPSA) is 57.9 Å². The molecule has 4 nitrogen and oxygen atoms in total. The largest absolute Gasteiger partial charge is 0.494 e. The highest BCUT2D eigenvalue weighted by Gasteiger charge is 2.30. The van der Waals surface area contributed by atoms with Crippen LogP contribution in [0, 0.1) is 11.3 Å².